The summed E-state index contributed by atoms with van der Waals surface area (Å²) in [4.78, 5) is 0. The molecule has 0 aromatic carbocycles. The van der Waals surface area contributed by atoms with Crippen LogP contribution < -0.4 is 0 Å². The maximum atomic E-state index is 10.4. The van der Waals surface area contributed by atoms with E-state index < -0.39 is 17.6 Å². The molecule has 2 N–H and O–H groups in total. The molecule has 0 radical (unpaired) electrons. The minimum Gasteiger partial charge on any atom is -0.390 e. The van der Waals surface area contributed by atoms with Crippen molar-refractivity contribution in [1.82, 2.24) is 0 Å². The highest BCUT2D eigenvalue weighted by Gasteiger charge is 2.40. The fourth-order valence-corrected chi connectivity index (χ4v) is 4.67. The highest BCUT2D eigenvalue weighted by atomic mass is 16.3. The Labute approximate surface area is 257 Å². The molecule has 0 aromatic heterocycles. The number of hydrogen-bond donors (Lipinski definition) is 2. The molecule has 0 aromatic rings. The average molecular weight is 569 g/mol. The quantitative estimate of drug-likeness (QED) is 0.171. The molecule has 0 aliphatic heterocycles. The average Bonchev–Trinajstić information content (AvgIpc) is 2.89. The van der Waals surface area contributed by atoms with Crippen molar-refractivity contribution in [2.45, 2.75) is 101 Å². The third-order valence-electron chi connectivity index (χ3n) is 7.38. The van der Waals surface area contributed by atoms with Crippen molar-refractivity contribution in [1.29, 1.82) is 0 Å². The van der Waals surface area contributed by atoms with E-state index in [1.807, 2.05) is 20.8 Å². The summed E-state index contributed by atoms with van der Waals surface area (Å²) in [5.41, 5.74) is 9.23. The second-order valence-electron chi connectivity index (χ2n) is 12.4. The van der Waals surface area contributed by atoms with E-state index in [1.165, 1.54) is 22.3 Å². The van der Waals surface area contributed by atoms with Crippen molar-refractivity contribution in [3.63, 3.8) is 0 Å². The van der Waals surface area contributed by atoms with Gasteiger partial charge in [-0.05, 0) is 80.2 Å². The lowest BCUT2D eigenvalue weighted by atomic mass is 9.69. The molecule has 2 heteroatoms. The third kappa shape index (κ3) is 14.6. The highest BCUT2D eigenvalue weighted by Crippen LogP contribution is 2.41. The first-order valence-corrected chi connectivity index (χ1v) is 15.2. The summed E-state index contributed by atoms with van der Waals surface area (Å²) >= 11 is 0. The number of allylic oxidation sites excluding steroid dienone is 22. The van der Waals surface area contributed by atoms with E-state index in [0.29, 0.717) is 6.42 Å². The first kappa shape index (κ1) is 36.8. The Morgan fingerprint density at radius 3 is 1.64 bits per heavy atom. The second-order valence-corrected chi connectivity index (χ2v) is 12.4. The van der Waals surface area contributed by atoms with Crippen LogP contribution in [0.4, 0.5) is 0 Å². The Hall–Kier alpha value is -3.20. The molecule has 42 heavy (non-hydrogen) atoms. The van der Waals surface area contributed by atoms with Crippen molar-refractivity contribution in [2.75, 3.05) is 0 Å². The summed E-state index contributed by atoms with van der Waals surface area (Å²) in [5.74, 6) is 0. The molecular weight excluding hydrogens is 512 g/mol. The van der Waals surface area contributed by atoms with Gasteiger partial charge < -0.3 is 10.2 Å². The van der Waals surface area contributed by atoms with Crippen molar-refractivity contribution in [3.8, 4) is 0 Å². The van der Waals surface area contributed by atoms with Crippen molar-refractivity contribution in [3.05, 3.63) is 142 Å². The zero-order valence-corrected chi connectivity index (χ0v) is 27.9. The minimum atomic E-state index is -0.756. The van der Waals surface area contributed by atoms with Crippen LogP contribution in [0.3, 0.4) is 0 Å². The molecule has 0 heterocycles. The van der Waals surface area contributed by atoms with Crippen molar-refractivity contribution >= 4 is 0 Å². The lowest BCUT2D eigenvalue weighted by molar-refractivity contribution is -0.0439. The Kier molecular flexibility index (Phi) is 16.7. The Morgan fingerprint density at radius 1 is 0.690 bits per heavy atom. The SMILES string of the molecule is CC(C)=CCC/C(C)=C/C=C/C(C)=C/C=C/C(C)=C/C=C/C=C(C)/C=C/C=C(C)/C=C/C1=C(C)CC(O)C(O)C1(C)C. The Balaban J connectivity index is 2.63. The summed E-state index contributed by atoms with van der Waals surface area (Å²) in [6.45, 7) is 20.9. The Morgan fingerprint density at radius 2 is 1.14 bits per heavy atom. The highest BCUT2D eigenvalue weighted by molar-refractivity contribution is 5.39. The van der Waals surface area contributed by atoms with Crippen molar-refractivity contribution < 1.29 is 10.2 Å². The molecule has 0 amide bonds. The topological polar surface area (TPSA) is 40.5 Å². The van der Waals surface area contributed by atoms with Crippen LogP contribution in [0.2, 0.25) is 0 Å². The molecule has 0 saturated heterocycles. The van der Waals surface area contributed by atoms with E-state index in [0.717, 1.165) is 35.1 Å². The van der Waals surface area contributed by atoms with Crippen LogP contribution in [0.1, 0.15) is 88.5 Å². The summed E-state index contributed by atoms with van der Waals surface area (Å²) in [6, 6.07) is 0. The van der Waals surface area contributed by atoms with Gasteiger partial charge in [0.05, 0.1) is 12.2 Å². The van der Waals surface area contributed by atoms with E-state index in [4.69, 9.17) is 0 Å². The van der Waals surface area contributed by atoms with Gasteiger partial charge in [-0.1, -0.05) is 150 Å². The summed E-state index contributed by atoms with van der Waals surface area (Å²) in [6.07, 6.45) is 35.1. The number of rotatable bonds is 13. The molecule has 0 bridgehead atoms. The molecule has 0 spiro atoms. The molecular formula is C40H56O2. The smallest absolute Gasteiger partial charge is 0.0893 e. The standard InChI is InChI=1S/C40H56O2/c1-30(2)17-13-20-33(5)23-15-25-34(6)24-14-21-31(3)18-11-12-19-32(4)22-16-26-35(7)27-28-37-36(8)29-38(41)39(42)40(37,9)10/h11-12,14-19,21-28,38-39,41-42H,13,20,29H2,1-10H3/b12-11+,21-14+,22-16+,25-15+,28-27+,31-18+,32-19+,33-23+,34-24+,35-26+. The van der Waals surface area contributed by atoms with Gasteiger partial charge in [0.1, 0.15) is 0 Å². The van der Waals surface area contributed by atoms with Gasteiger partial charge >= 0.3 is 0 Å². The van der Waals surface area contributed by atoms with Gasteiger partial charge in [-0.2, -0.15) is 0 Å². The first-order chi connectivity index (χ1) is 19.7. The molecule has 1 aliphatic rings. The van der Waals surface area contributed by atoms with E-state index >= 15 is 0 Å². The largest absolute Gasteiger partial charge is 0.390 e. The van der Waals surface area contributed by atoms with Gasteiger partial charge in [-0.15, -0.1) is 0 Å². The normalized spacial score (nSPS) is 21.8. The molecule has 0 fully saturated rings. The van der Waals surface area contributed by atoms with E-state index in [-0.39, 0.29) is 0 Å². The minimum absolute atomic E-state index is 0.475. The number of aliphatic hydroxyl groups is 2. The molecule has 1 rings (SSSR count). The predicted octanol–water partition coefficient (Wildman–Crippen LogP) is 10.7. The third-order valence-corrected chi connectivity index (χ3v) is 7.38. The maximum absolute atomic E-state index is 10.4. The first-order valence-electron chi connectivity index (χ1n) is 15.2. The van der Waals surface area contributed by atoms with Gasteiger partial charge in [0.15, 0.2) is 0 Å². The summed E-state index contributed by atoms with van der Waals surface area (Å²) < 4.78 is 0. The summed E-state index contributed by atoms with van der Waals surface area (Å²) in [5, 5.41) is 20.6. The van der Waals surface area contributed by atoms with Gasteiger partial charge in [0.2, 0.25) is 0 Å². The van der Waals surface area contributed by atoms with Crippen LogP contribution >= 0.6 is 0 Å². The number of aliphatic hydroxyl groups excluding tert-OH is 2. The van der Waals surface area contributed by atoms with Gasteiger partial charge in [0, 0.05) is 5.41 Å². The zero-order valence-electron chi connectivity index (χ0n) is 27.9. The molecule has 2 nitrogen and oxygen atoms in total. The van der Waals surface area contributed by atoms with Crippen LogP contribution in [0, 0.1) is 5.41 Å². The van der Waals surface area contributed by atoms with E-state index in [2.05, 4.69) is 146 Å². The fraction of sp³-hybridized carbons (Fsp3) is 0.400. The molecule has 2 atom stereocenters. The van der Waals surface area contributed by atoms with Gasteiger partial charge in [-0.3, -0.25) is 0 Å². The molecule has 0 saturated carbocycles. The van der Waals surface area contributed by atoms with Gasteiger partial charge in [0.25, 0.3) is 0 Å². The molecule has 2 unspecified atom stereocenters. The lowest BCUT2D eigenvalue weighted by Gasteiger charge is -2.40. The van der Waals surface area contributed by atoms with Crippen LogP contribution in [0.5, 0.6) is 0 Å². The van der Waals surface area contributed by atoms with E-state index in [9.17, 15) is 10.2 Å². The van der Waals surface area contributed by atoms with Crippen LogP contribution in [0.15, 0.2) is 142 Å². The number of hydrogen-bond acceptors (Lipinski definition) is 2. The van der Waals surface area contributed by atoms with E-state index in [1.54, 1.807) is 0 Å². The lowest BCUT2D eigenvalue weighted by Crippen LogP contribution is -2.44. The maximum Gasteiger partial charge on any atom is 0.0893 e. The molecule has 228 valence electrons. The van der Waals surface area contributed by atoms with Crippen molar-refractivity contribution in [2.24, 2.45) is 5.41 Å². The Bertz CT molecular complexity index is 1250. The summed E-state index contributed by atoms with van der Waals surface area (Å²) in [7, 11) is 0. The fourth-order valence-electron chi connectivity index (χ4n) is 4.67. The van der Waals surface area contributed by atoms with Gasteiger partial charge in [-0.25, -0.2) is 0 Å². The van der Waals surface area contributed by atoms with Crippen LogP contribution in [-0.4, -0.2) is 22.4 Å². The predicted molar refractivity (Wildman–Crippen MR) is 186 cm³/mol. The van der Waals surface area contributed by atoms with Crippen LogP contribution in [-0.2, 0) is 0 Å². The van der Waals surface area contributed by atoms with Crippen LogP contribution in [0.25, 0.3) is 0 Å². The second kappa shape index (κ2) is 19.1. The zero-order chi connectivity index (χ0) is 31.7. The molecule has 1 aliphatic carbocycles. The monoisotopic (exact) mass is 568 g/mol.